The molecular formula is C25H40. The molecule has 0 N–H and O–H groups in total. The van der Waals surface area contributed by atoms with Crippen LogP contribution in [0.4, 0.5) is 0 Å². The molecule has 0 saturated carbocycles. The summed E-state index contributed by atoms with van der Waals surface area (Å²) in [6, 6.07) is 17.5. The van der Waals surface area contributed by atoms with E-state index in [1.54, 1.807) is 0 Å². The first-order chi connectivity index (χ1) is 12.1. The second kappa shape index (κ2) is 17.0. The van der Waals surface area contributed by atoms with Crippen molar-refractivity contribution in [3.63, 3.8) is 0 Å². The quantitative estimate of drug-likeness (QED) is 0.491. The van der Waals surface area contributed by atoms with Crippen LogP contribution >= 0.6 is 0 Å². The third-order valence-electron chi connectivity index (χ3n) is 3.67. The van der Waals surface area contributed by atoms with Gasteiger partial charge in [0.2, 0.25) is 0 Å². The molecule has 0 bridgehead atoms. The molecule has 0 aliphatic carbocycles. The van der Waals surface area contributed by atoms with Crippen LogP contribution in [0.5, 0.6) is 0 Å². The van der Waals surface area contributed by atoms with E-state index in [4.69, 9.17) is 0 Å². The first-order valence-corrected chi connectivity index (χ1v) is 9.69. The highest BCUT2D eigenvalue weighted by Gasteiger charge is 2.08. The number of rotatable bonds is 4. The van der Waals surface area contributed by atoms with Crippen LogP contribution in [0.25, 0.3) is 0 Å². The van der Waals surface area contributed by atoms with Crippen molar-refractivity contribution in [3.8, 4) is 0 Å². The molecule has 0 spiro atoms. The highest BCUT2D eigenvalue weighted by molar-refractivity contribution is 5.33. The largest absolute Gasteiger partial charge is 0.106 e. The highest BCUT2D eigenvalue weighted by atomic mass is 14.1. The first kappa shape index (κ1) is 25.4. The van der Waals surface area contributed by atoms with E-state index >= 15 is 0 Å². The molecule has 25 heavy (non-hydrogen) atoms. The predicted octanol–water partition coefficient (Wildman–Crippen LogP) is 8.28. The molecule has 2 aromatic carbocycles. The summed E-state index contributed by atoms with van der Waals surface area (Å²) >= 11 is 0. The maximum atomic E-state index is 3.00. The van der Waals surface area contributed by atoms with Crippen LogP contribution in [0.3, 0.4) is 0 Å². The normalized spacial score (nSPS) is 10.0. The van der Waals surface area contributed by atoms with E-state index in [9.17, 15) is 0 Å². The van der Waals surface area contributed by atoms with Gasteiger partial charge in [0.25, 0.3) is 0 Å². The van der Waals surface area contributed by atoms with Gasteiger partial charge in [-0.1, -0.05) is 95.1 Å². The lowest BCUT2D eigenvalue weighted by Gasteiger charge is -2.15. The van der Waals surface area contributed by atoms with Gasteiger partial charge in [0.05, 0.1) is 0 Å². The third-order valence-corrected chi connectivity index (χ3v) is 3.67. The smallest absolute Gasteiger partial charge is 0.0185 e. The summed E-state index contributed by atoms with van der Waals surface area (Å²) in [7, 11) is 0. The highest BCUT2D eigenvalue weighted by Crippen LogP contribution is 2.25. The fourth-order valence-electron chi connectivity index (χ4n) is 2.47. The van der Waals surface area contributed by atoms with Crippen LogP contribution < -0.4 is 0 Å². The van der Waals surface area contributed by atoms with E-state index in [-0.39, 0.29) is 0 Å². The van der Waals surface area contributed by atoms with Gasteiger partial charge in [0.1, 0.15) is 0 Å². The van der Waals surface area contributed by atoms with Crippen LogP contribution in [0.15, 0.2) is 61.7 Å². The molecule has 0 aromatic heterocycles. The van der Waals surface area contributed by atoms with Crippen molar-refractivity contribution in [1.82, 2.24) is 0 Å². The van der Waals surface area contributed by atoms with Gasteiger partial charge in [-0.05, 0) is 49.3 Å². The second-order valence-electron chi connectivity index (χ2n) is 5.99. The van der Waals surface area contributed by atoms with Crippen LogP contribution in [-0.4, -0.2) is 0 Å². The molecular weight excluding hydrogens is 300 g/mol. The fourth-order valence-corrected chi connectivity index (χ4v) is 2.47. The Morgan fingerprint density at radius 1 is 0.880 bits per heavy atom. The molecule has 0 saturated heterocycles. The summed E-state index contributed by atoms with van der Waals surface area (Å²) in [5, 5.41) is 0. The number of aryl methyl sites for hydroxylation is 3. The summed E-state index contributed by atoms with van der Waals surface area (Å²) < 4.78 is 0. The van der Waals surface area contributed by atoms with Gasteiger partial charge in [-0.3, -0.25) is 0 Å². The second-order valence-corrected chi connectivity index (χ2v) is 5.99. The Hall–Kier alpha value is -1.82. The number of hydrogen-bond donors (Lipinski definition) is 0. The summed E-state index contributed by atoms with van der Waals surface area (Å²) in [4.78, 5) is 0. The number of hydrogen-bond acceptors (Lipinski definition) is 0. The summed E-state index contributed by atoms with van der Waals surface area (Å²) in [6.45, 7) is 21.0. The van der Waals surface area contributed by atoms with Gasteiger partial charge in [-0.25, -0.2) is 0 Å². The molecule has 0 amide bonds. The molecule has 0 nitrogen and oxygen atoms in total. The van der Waals surface area contributed by atoms with Crippen molar-refractivity contribution in [2.24, 2.45) is 0 Å². The van der Waals surface area contributed by atoms with Crippen molar-refractivity contribution in [3.05, 3.63) is 83.9 Å². The fraction of sp³-hybridized carbons (Fsp3) is 0.440. The zero-order chi connectivity index (χ0) is 19.7. The average molecular weight is 341 g/mol. The van der Waals surface area contributed by atoms with Crippen LogP contribution in [-0.2, 0) is 6.42 Å². The number of benzene rings is 2. The van der Waals surface area contributed by atoms with Crippen LogP contribution in [0.1, 0.15) is 75.6 Å². The molecule has 2 aromatic rings. The van der Waals surface area contributed by atoms with Crippen molar-refractivity contribution in [2.45, 2.75) is 73.6 Å². The third kappa shape index (κ3) is 11.4. The van der Waals surface area contributed by atoms with Gasteiger partial charge >= 0.3 is 0 Å². The molecule has 0 aliphatic rings. The molecule has 1 atom stereocenters. The van der Waals surface area contributed by atoms with E-state index in [1.807, 2.05) is 13.8 Å². The molecule has 0 radical (unpaired) electrons. The lowest BCUT2D eigenvalue weighted by Crippen LogP contribution is -1.99. The molecule has 2 rings (SSSR count). The van der Waals surface area contributed by atoms with Crippen molar-refractivity contribution in [2.75, 3.05) is 0 Å². The zero-order valence-corrected chi connectivity index (χ0v) is 17.7. The molecule has 0 fully saturated rings. The van der Waals surface area contributed by atoms with E-state index < -0.39 is 0 Å². The Morgan fingerprint density at radius 2 is 1.40 bits per heavy atom. The van der Waals surface area contributed by atoms with E-state index in [0.29, 0.717) is 5.92 Å². The maximum Gasteiger partial charge on any atom is -0.0185 e. The van der Waals surface area contributed by atoms with Gasteiger partial charge in [-0.15, -0.1) is 13.2 Å². The standard InChI is InChI=1S/C18H22.C3H8.C2H6.C2H4/c1-14-9-10-15(2)18(13-14)16(3)11-12-17-7-5-4-6-8-17;1-3-2;2*1-2/h4-10,13,16H,11-12H2,1-3H3;3H2,1-2H3;1-2H3;1-2H2. The molecule has 140 valence electrons. The summed E-state index contributed by atoms with van der Waals surface area (Å²) in [6.07, 6.45) is 3.63. The Labute approximate surface area is 158 Å². The lowest BCUT2D eigenvalue weighted by molar-refractivity contribution is 0.675. The van der Waals surface area contributed by atoms with E-state index in [1.165, 1.54) is 35.1 Å². The average Bonchev–Trinajstić information content (AvgIpc) is 2.66. The van der Waals surface area contributed by atoms with E-state index in [0.717, 1.165) is 6.42 Å². The Kier molecular flexibility index (Phi) is 17.3. The van der Waals surface area contributed by atoms with Gasteiger partial charge < -0.3 is 0 Å². The Balaban J connectivity index is 0. The SMILES string of the molecule is C=C.CC.CCC.Cc1ccc(C)c(C(C)CCc2ccccc2)c1. The van der Waals surface area contributed by atoms with Crippen molar-refractivity contribution < 1.29 is 0 Å². The first-order valence-electron chi connectivity index (χ1n) is 9.69. The van der Waals surface area contributed by atoms with Crippen molar-refractivity contribution >= 4 is 0 Å². The monoisotopic (exact) mass is 340 g/mol. The Morgan fingerprint density at radius 3 is 1.92 bits per heavy atom. The minimum atomic E-state index is 0.630. The minimum absolute atomic E-state index is 0.630. The minimum Gasteiger partial charge on any atom is -0.106 e. The van der Waals surface area contributed by atoms with Gasteiger partial charge in [0, 0.05) is 0 Å². The van der Waals surface area contributed by atoms with Crippen molar-refractivity contribution in [1.29, 1.82) is 0 Å². The van der Waals surface area contributed by atoms with Gasteiger partial charge in [0.15, 0.2) is 0 Å². The van der Waals surface area contributed by atoms with Crippen LogP contribution in [0, 0.1) is 13.8 Å². The maximum absolute atomic E-state index is 3.00. The summed E-state index contributed by atoms with van der Waals surface area (Å²) in [5.74, 6) is 0.630. The molecule has 0 heterocycles. The van der Waals surface area contributed by atoms with Gasteiger partial charge in [-0.2, -0.15) is 0 Å². The lowest BCUT2D eigenvalue weighted by atomic mass is 9.90. The molecule has 0 heteroatoms. The molecule has 0 aliphatic heterocycles. The summed E-state index contributed by atoms with van der Waals surface area (Å²) in [5.41, 5.74) is 5.73. The van der Waals surface area contributed by atoms with Crippen LogP contribution in [0.2, 0.25) is 0 Å². The Bertz CT molecular complexity index is 525. The molecule has 1 unspecified atom stereocenters. The topological polar surface area (TPSA) is 0 Å². The zero-order valence-electron chi connectivity index (χ0n) is 17.7. The van der Waals surface area contributed by atoms with E-state index in [2.05, 4.69) is 96.3 Å². The predicted molar refractivity (Wildman–Crippen MR) is 118 cm³/mol.